The lowest BCUT2D eigenvalue weighted by atomic mass is 9.97. The van der Waals surface area contributed by atoms with Crippen molar-refractivity contribution in [1.29, 1.82) is 0 Å². The Morgan fingerprint density at radius 3 is 2.52 bits per heavy atom. The van der Waals surface area contributed by atoms with Gasteiger partial charge < -0.3 is 23.7 Å². The fraction of sp³-hybridized carbons (Fsp3) is 0.391. The summed E-state index contributed by atoms with van der Waals surface area (Å²) in [4.78, 5) is 24.8. The maximum atomic E-state index is 12.6. The number of para-hydroxylation sites is 2. The fourth-order valence-electron chi connectivity index (χ4n) is 3.67. The molecule has 3 atom stereocenters. The van der Waals surface area contributed by atoms with Crippen molar-refractivity contribution in [2.75, 3.05) is 19.8 Å². The highest BCUT2D eigenvalue weighted by Gasteiger charge is 2.58. The molecule has 2 heterocycles. The van der Waals surface area contributed by atoms with Crippen LogP contribution in [-0.2, 0) is 23.8 Å². The Morgan fingerprint density at radius 2 is 1.74 bits per heavy atom. The Balaban J connectivity index is 1.81. The number of nitrogens with one attached hydrogen (secondary N) is 1. The summed E-state index contributed by atoms with van der Waals surface area (Å²) in [6, 6.07) is 16.5. The SMILES string of the molecule is CCOc1ccccc1O[C@@H](c1ccccc1)[C@@]12OCCNC1OC(=O)CCC(=O)O2. The summed E-state index contributed by atoms with van der Waals surface area (Å²) in [6.07, 6.45) is -2.14. The molecule has 4 rings (SSSR count). The molecular weight excluding hydrogens is 402 g/mol. The molecule has 0 radical (unpaired) electrons. The highest BCUT2D eigenvalue weighted by atomic mass is 16.8. The highest BCUT2D eigenvalue weighted by Crippen LogP contribution is 2.42. The molecule has 8 nitrogen and oxygen atoms in total. The van der Waals surface area contributed by atoms with Gasteiger partial charge in [0.05, 0.1) is 26.1 Å². The molecule has 0 aromatic heterocycles. The first-order chi connectivity index (χ1) is 15.1. The number of carbonyl (C=O) groups is 2. The summed E-state index contributed by atoms with van der Waals surface area (Å²) in [7, 11) is 0. The zero-order valence-electron chi connectivity index (χ0n) is 17.2. The molecule has 8 heteroatoms. The topological polar surface area (TPSA) is 92.3 Å². The summed E-state index contributed by atoms with van der Waals surface area (Å²) < 4.78 is 29.6. The molecule has 164 valence electrons. The number of carbonyl (C=O) groups excluding carboxylic acids is 2. The Bertz CT molecular complexity index is 919. The molecule has 2 aromatic carbocycles. The molecule has 2 aliphatic heterocycles. The third-order valence-electron chi connectivity index (χ3n) is 5.04. The van der Waals surface area contributed by atoms with Crippen LogP contribution in [0.4, 0.5) is 0 Å². The van der Waals surface area contributed by atoms with Crippen molar-refractivity contribution in [2.45, 2.75) is 37.9 Å². The van der Waals surface area contributed by atoms with Crippen molar-refractivity contribution >= 4 is 11.9 Å². The first-order valence-electron chi connectivity index (χ1n) is 10.3. The first-order valence-corrected chi connectivity index (χ1v) is 10.3. The minimum atomic E-state index is -1.72. The molecule has 0 bridgehead atoms. The van der Waals surface area contributed by atoms with Gasteiger partial charge in [-0.05, 0) is 24.6 Å². The Labute approximate surface area is 180 Å². The first kappa shape index (κ1) is 21.1. The van der Waals surface area contributed by atoms with Crippen LogP contribution in [0, 0.1) is 0 Å². The maximum Gasteiger partial charge on any atom is 0.309 e. The highest BCUT2D eigenvalue weighted by molar-refractivity contribution is 5.78. The second kappa shape index (κ2) is 9.36. The summed E-state index contributed by atoms with van der Waals surface area (Å²) in [5, 5.41) is 3.10. The van der Waals surface area contributed by atoms with Gasteiger partial charge in [0.1, 0.15) is 0 Å². The van der Waals surface area contributed by atoms with Gasteiger partial charge in [-0.1, -0.05) is 42.5 Å². The molecule has 0 saturated carbocycles. The zero-order valence-corrected chi connectivity index (χ0v) is 17.2. The largest absolute Gasteiger partial charge is 0.490 e. The van der Waals surface area contributed by atoms with Gasteiger partial charge in [-0.15, -0.1) is 0 Å². The third-order valence-corrected chi connectivity index (χ3v) is 5.04. The minimum absolute atomic E-state index is 0.0584. The number of esters is 2. The smallest absolute Gasteiger partial charge is 0.309 e. The number of hydrogen-bond donors (Lipinski definition) is 1. The second-order valence-corrected chi connectivity index (χ2v) is 7.16. The molecule has 2 saturated heterocycles. The summed E-state index contributed by atoms with van der Waals surface area (Å²) >= 11 is 0. The van der Waals surface area contributed by atoms with E-state index in [9.17, 15) is 9.59 Å². The van der Waals surface area contributed by atoms with E-state index in [1.807, 2.05) is 49.4 Å². The molecule has 0 aliphatic carbocycles. The van der Waals surface area contributed by atoms with Crippen LogP contribution >= 0.6 is 0 Å². The molecule has 31 heavy (non-hydrogen) atoms. The van der Waals surface area contributed by atoms with E-state index in [2.05, 4.69) is 5.32 Å². The zero-order chi connectivity index (χ0) is 21.7. The van der Waals surface area contributed by atoms with Crippen molar-refractivity contribution in [2.24, 2.45) is 0 Å². The van der Waals surface area contributed by atoms with Crippen LogP contribution in [0.15, 0.2) is 54.6 Å². The Hall–Kier alpha value is -3.10. The number of fused-ring (bicyclic) bond motifs is 1. The Morgan fingerprint density at radius 1 is 1.03 bits per heavy atom. The standard InChI is InChI=1S/C23H25NO7/c1-2-27-17-10-6-7-11-18(17)29-21(16-8-4-3-5-9-16)23-22(24-14-15-28-23)30-19(25)12-13-20(26)31-23/h3-11,21-22,24H,2,12-15H2,1H3/t21-,22?,23-/m0/s1. The number of hydrogen-bond acceptors (Lipinski definition) is 8. The monoisotopic (exact) mass is 427 g/mol. The third kappa shape index (κ3) is 4.50. The van der Waals surface area contributed by atoms with Gasteiger partial charge in [0.2, 0.25) is 6.23 Å². The lowest BCUT2D eigenvalue weighted by molar-refractivity contribution is -0.329. The van der Waals surface area contributed by atoms with Crippen molar-refractivity contribution < 1.29 is 33.3 Å². The van der Waals surface area contributed by atoms with Gasteiger partial charge >= 0.3 is 17.7 Å². The van der Waals surface area contributed by atoms with Crippen molar-refractivity contribution in [3.8, 4) is 11.5 Å². The van der Waals surface area contributed by atoms with Gasteiger partial charge in [0.15, 0.2) is 17.6 Å². The fourth-order valence-corrected chi connectivity index (χ4v) is 3.67. The average molecular weight is 427 g/mol. The van der Waals surface area contributed by atoms with E-state index in [1.54, 1.807) is 12.1 Å². The molecule has 2 aliphatic rings. The van der Waals surface area contributed by atoms with Gasteiger partial charge in [-0.3, -0.25) is 14.9 Å². The maximum absolute atomic E-state index is 12.6. The van der Waals surface area contributed by atoms with E-state index in [-0.39, 0.29) is 19.4 Å². The molecule has 1 unspecified atom stereocenters. The van der Waals surface area contributed by atoms with Gasteiger partial charge in [0, 0.05) is 6.54 Å². The molecule has 2 aromatic rings. The molecule has 2 fully saturated rings. The van der Waals surface area contributed by atoms with E-state index in [0.717, 1.165) is 0 Å². The van der Waals surface area contributed by atoms with Gasteiger partial charge in [-0.2, -0.15) is 0 Å². The van der Waals surface area contributed by atoms with Crippen LogP contribution in [0.25, 0.3) is 0 Å². The van der Waals surface area contributed by atoms with E-state index < -0.39 is 30.1 Å². The quantitative estimate of drug-likeness (QED) is 0.704. The predicted molar refractivity (Wildman–Crippen MR) is 109 cm³/mol. The van der Waals surface area contributed by atoms with Crippen LogP contribution in [0.3, 0.4) is 0 Å². The summed E-state index contributed by atoms with van der Waals surface area (Å²) in [6.45, 7) is 2.99. The van der Waals surface area contributed by atoms with Crippen molar-refractivity contribution in [3.63, 3.8) is 0 Å². The molecular formula is C23H25NO7. The number of morpholine rings is 1. The van der Waals surface area contributed by atoms with E-state index >= 15 is 0 Å². The molecule has 0 amide bonds. The predicted octanol–water partition coefficient (Wildman–Crippen LogP) is 2.73. The Kier molecular flexibility index (Phi) is 6.39. The van der Waals surface area contributed by atoms with Crippen LogP contribution in [0.1, 0.15) is 31.4 Å². The van der Waals surface area contributed by atoms with Crippen LogP contribution in [0.5, 0.6) is 11.5 Å². The number of ether oxygens (including phenoxy) is 5. The van der Waals surface area contributed by atoms with Crippen molar-refractivity contribution in [3.05, 3.63) is 60.2 Å². The number of rotatable bonds is 6. The van der Waals surface area contributed by atoms with E-state index in [1.165, 1.54) is 0 Å². The molecule has 1 N–H and O–H groups in total. The van der Waals surface area contributed by atoms with Crippen LogP contribution in [-0.4, -0.2) is 43.7 Å². The lowest BCUT2D eigenvalue weighted by Crippen LogP contribution is -2.66. The van der Waals surface area contributed by atoms with Crippen LogP contribution in [0.2, 0.25) is 0 Å². The lowest BCUT2D eigenvalue weighted by Gasteiger charge is -2.46. The van der Waals surface area contributed by atoms with E-state index in [0.29, 0.717) is 30.2 Å². The second-order valence-electron chi connectivity index (χ2n) is 7.16. The van der Waals surface area contributed by atoms with E-state index in [4.69, 9.17) is 23.7 Å². The van der Waals surface area contributed by atoms with Gasteiger partial charge in [0.25, 0.3) is 0 Å². The normalized spacial score (nSPS) is 24.6. The number of benzene rings is 2. The summed E-state index contributed by atoms with van der Waals surface area (Å²) in [5.74, 6) is -1.80. The summed E-state index contributed by atoms with van der Waals surface area (Å²) in [5.41, 5.74) is 0.687. The van der Waals surface area contributed by atoms with Gasteiger partial charge in [-0.25, -0.2) is 0 Å². The van der Waals surface area contributed by atoms with Crippen LogP contribution < -0.4 is 14.8 Å². The van der Waals surface area contributed by atoms with Crippen molar-refractivity contribution in [1.82, 2.24) is 5.32 Å². The average Bonchev–Trinajstić information content (AvgIpc) is 2.78. The molecule has 0 spiro atoms. The minimum Gasteiger partial charge on any atom is -0.490 e.